The van der Waals surface area contributed by atoms with Gasteiger partial charge in [-0.05, 0) is 79.1 Å². The second-order valence-electron chi connectivity index (χ2n) is 9.96. The molecule has 0 spiro atoms. The van der Waals surface area contributed by atoms with Crippen molar-refractivity contribution < 1.29 is 13.2 Å². The van der Waals surface area contributed by atoms with Crippen molar-refractivity contribution in [2.45, 2.75) is 51.9 Å². The van der Waals surface area contributed by atoms with E-state index in [0.717, 1.165) is 76.5 Å². The number of aromatic nitrogens is 2. The Bertz CT molecular complexity index is 1580. The normalized spacial score (nSPS) is 15.2. The van der Waals surface area contributed by atoms with Crippen LogP contribution in [0.3, 0.4) is 0 Å². The van der Waals surface area contributed by atoms with Gasteiger partial charge in [0.05, 0.1) is 16.2 Å². The molecule has 1 saturated heterocycles. The highest BCUT2D eigenvalue weighted by Crippen LogP contribution is 2.39. The maximum atomic E-state index is 13.8. The van der Waals surface area contributed by atoms with Gasteiger partial charge in [-0.3, -0.25) is 4.79 Å². The van der Waals surface area contributed by atoms with Gasteiger partial charge in [-0.25, -0.2) is 13.4 Å². The Morgan fingerprint density at radius 1 is 1.11 bits per heavy atom. The van der Waals surface area contributed by atoms with Crippen LogP contribution in [0.5, 0.6) is 0 Å². The van der Waals surface area contributed by atoms with Gasteiger partial charge in [0.2, 0.25) is 0 Å². The summed E-state index contributed by atoms with van der Waals surface area (Å²) in [5, 5.41) is 1.93. The van der Waals surface area contributed by atoms with E-state index in [-0.39, 0.29) is 11.7 Å². The predicted molar refractivity (Wildman–Crippen MR) is 145 cm³/mol. The number of piperidine rings is 1. The molecule has 0 saturated carbocycles. The molecule has 188 valence electrons. The minimum absolute atomic E-state index is 0.0327. The van der Waals surface area contributed by atoms with Crippen LogP contribution in [0.2, 0.25) is 0 Å². The Hall–Kier alpha value is -3.19. The van der Waals surface area contributed by atoms with Crippen LogP contribution in [0, 0.1) is 19.8 Å². The summed E-state index contributed by atoms with van der Waals surface area (Å²) in [6.45, 7) is 9.38. The minimum Gasteiger partial charge on any atom is -0.339 e. The van der Waals surface area contributed by atoms with Gasteiger partial charge in [-0.2, -0.15) is 0 Å². The third-order valence-electron chi connectivity index (χ3n) is 7.72. The number of nitrogens with one attached hydrogen (secondary N) is 1. The van der Waals surface area contributed by atoms with E-state index in [1.807, 2.05) is 37.1 Å². The van der Waals surface area contributed by atoms with Gasteiger partial charge in [0.25, 0.3) is 5.91 Å². The predicted octanol–water partition coefficient (Wildman–Crippen LogP) is 6.06. The highest BCUT2D eigenvalue weighted by atomic mass is 32.2. The number of sulfone groups is 1. The number of nitrogens with zero attached hydrogens (tertiary/aromatic N) is 2. The van der Waals surface area contributed by atoms with E-state index in [1.54, 1.807) is 25.1 Å². The Balaban J connectivity index is 1.74. The number of aromatic amines is 1. The number of likely N-dealkylation sites (tertiary alicyclic amines) is 1. The van der Waals surface area contributed by atoms with Crippen molar-refractivity contribution in [3.8, 4) is 11.1 Å². The fraction of sp³-hybridized carbons (Fsp3) is 0.379. The number of aryl methyl sites for hydroxylation is 2. The fourth-order valence-electron chi connectivity index (χ4n) is 5.38. The van der Waals surface area contributed by atoms with Crippen molar-refractivity contribution in [2.24, 2.45) is 5.92 Å². The molecule has 0 bridgehead atoms. The maximum absolute atomic E-state index is 13.8. The van der Waals surface area contributed by atoms with Crippen molar-refractivity contribution in [1.29, 1.82) is 0 Å². The van der Waals surface area contributed by atoms with Crippen molar-refractivity contribution in [2.75, 3.05) is 18.8 Å². The first-order valence-corrected chi connectivity index (χ1v) is 14.4. The molecule has 5 rings (SSSR count). The van der Waals surface area contributed by atoms with Gasteiger partial charge < -0.3 is 9.88 Å². The molecule has 6 nitrogen and oxygen atoms in total. The number of carbonyl (C=O) groups excluding carboxylic acids is 1. The smallest absolute Gasteiger partial charge is 0.254 e. The van der Waals surface area contributed by atoms with Crippen LogP contribution in [0.4, 0.5) is 0 Å². The zero-order valence-electron chi connectivity index (χ0n) is 21.4. The number of hydrogen-bond acceptors (Lipinski definition) is 4. The molecular weight excluding hydrogens is 470 g/mol. The Kier molecular flexibility index (Phi) is 6.37. The lowest BCUT2D eigenvalue weighted by atomic mass is 9.91. The molecule has 2 aromatic heterocycles. The van der Waals surface area contributed by atoms with E-state index in [2.05, 4.69) is 23.0 Å². The highest BCUT2D eigenvalue weighted by Gasteiger charge is 2.26. The molecule has 1 aliphatic heterocycles. The molecule has 7 heteroatoms. The first-order valence-electron chi connectivity index (χ1n) is 12.8. The van der Waals surface area contributed by atoms with Crippen LogP contribution in [0.15, 0.2) is 47.5 Å². The van der Waals surface area contributed by atoms with Crippen LogP contribution in [-0.4, -0.2) is 48.0 Å². The number of benzene rings is 2. The van der Waals surface area contributed by atoms with Crippen molar-refractivity contribution in [3.63, 3.8) is 0 Å². The molecule has 4 aromatic rings. The zero-order chi connectivity index (χ0) is 25.6. The summed E-state index contributed by atoms with van der Waals surface area (Å²) >= 11 is 0. The monoisotopic (exact) mass is 503 g/mol. The average molecular weight is 504 g/mol. The second kappa shape index (κ2) is 9.36. The minimum atomic E-state index is -3.37. The summed E-state index contributed by atoms with van der Waals surface area (Å²) in [6.07, 6.45) is 5.03. The lowest BCUT2D eigenvalue weighted by Crippen LogP contribution is -2.38. The zero-order valence-corrected chi connectivity index (χ0v) is 22.2. The largest absolute Gasteiger partial charge is 0.339 e. The number of H-pyrrole nitrogens is 1. The molecule has 1 fully saturated rings. The van der Waals surface area contributed by atoms with Gasteiger partial charge >= 0.3 is 0 Å². The summed E-state index contributed by atoms with van der Waals surface area (Å²) in [5.41, 5.74) is 5.82. The number of pyridine rings is 1. The average Bonchev–Trinajstić information content (AvgIpc) is 3.28. The Labute approximate surface area is 212 Å². The molecule has 0 unspecified atom stereocenters. The van der Waals surface area contributed by atoms with Crippen LogP contribution >= 0.6 is 0 Å². The number of fused-ring (bicyclic) bond motifs is 3. The van der Waals surface area contributed by atoms with Gasteiger partial charge in [-0.1, -0.05) is 32.4 Å². The fourth-order valence-corrected chi connectivity index (χ4v) is 6.31. The van der Waals surface area contributed by atoms with Gasteiger partial charge in [-0.15, -0.1) is 0 Å². The van der Waals surface area contributed by atoms with Crippen LogP contribution in [0.25, 0.3) is 33.1 Å². The van der Waals surface area contributed by atoms with E-state index < -0.39 is 9.84 Å². The highest BCUT2D eigenvalue weighted by molar-refractivity contribution is 7.91. The number of hydrogen-bond donors (Lipinski definition) is 1. The van der Waals surface area contributed by atoms with Crippen LogP contribution in [0.1, 0.15) is 54.6 Å². The Morgan fingerprint density at radius 3 is 2.56 bits per heavy atom. The van der Waals surface area contributed by atoms with E-state index in [1.165, 1.54) is 0 Å². The van der Waals surface area contributed by atoms with Gasteiger partial charge in [0.1, 0.15) is 5.65 Å². The topological polar surface area (TPSA) is 83.1 Å². The van der Waals surface area contributed by atoms with Crippen molar-refractivity contribution in [1.82, 2.24) is 14.9 Å². The summed E-state index contributed by atoms with van der Waals surface area (Å²) in [6, 6.07) is 11.1. The summed E-state index contributed by atoms with van der Waals surface area (Å²) in [7, 11) is -3.37. The summed E-state index contributed by atoms with van der Waals surface area (Å²) in [4.78, 5) is 24.1. The van der Waals surface area contributed by atoms with E-state index >= 15 is 0 Å². The molecule has 1 amide bonds. The van der Waals surface area contributed by atoms with Crippen molar-refractivity contribution in [3.05, 3.63) is 59.3 Å². The molecule has 2 aromatic carbocycles. The van der Waals surface area contributed by atoms with E-state index in [0.29, 0.717) is 16.4 Å². The molecule has 3 heterocycles. The molecule has 1 aliphatic rings. The molecule has 0 radical (unpaired) electrons. The number of amides is 1. The second-order valence-corrected chi connectivity index (χ2v) is 12.2. The quantitative estimate of drug-likeness (QED) is 0.359. The first kappa shape index (κ1) is 24.5. The SMILES string of the molecule is CCC1CCN(C(=O)c2cc(-c3cccc(S(=O)(=O)CC)c3)c3c([nH]c4ncc(C)cc43)c2C)CC1. The summed E-state index contributed by atoms with van der Waals surface area (Å²) < 4.78 is 25.3. The van der Waals surface area contributed by atoms with E-state index in [4.69, 9.17) is 0 Å². The maximum Gasteiger partial charge on any atom is 0.254 e. The lowest BCUT2D eigenvalue weighted by molar-refractivity contribution is 0.0688. The Morgan fingerprint density at radius 2 is 1.86 bits per heavy atom. The van der Waals surface area contributed by atoms with Gasteiger partial charge in [0, 0.05) is 35.6 Å². The lowest BCUT2D eigenvalue weighted by Gasteiger charge is -2.32. The number of carbonyl (C=O) groups is 1. The summed E-state index contributed by atoms with van der Waals surface area (Å²) in [5.74, 6) is 0.748. The molecule has 1 N–H and O–H groups in total. The van der Waals surface area contributed by atoms with Crippen molar-refractivity contribution >= 4 is 37.7 Å². The number of rotatable bonds is 5. The first-order chi connectivity index (χ1) is 17.2. The molecular formula is C29H33N3O3S. The molecule has 0 atom stereocenters. The third-order valence-corrected chi connectivity index (χ3v) is 9.45. The standard InChI is InChI=1S/C29H33N3O3S/c1-5-20-10-12-32(13-11-20)29(33)23-16-24(21-8-7-9-22(15-21)36(34,35)6-2)26-25-14-18(3)17-30-28(25)31-27(26)19(23)4/h7-9,14-17,20H,5-6,10-13H2,1-4H3,(H,30,31). The van der Waals surface area contributed by atoms with Crippen LogP contribution < -0.4 is 0 Å². The van der Waals surface area contributed by atoms with Crippen LogP contribution in [-0.2, 0) is 9.84 Å². The third kappa shape index (κ3) is 4.19. The molecule has 0 aliphatic carbocycles. The van der Waals surface area contributed by atoms with Gasteiger partial charge in [0.15, 0.2) is 9.84 Å². The van der Waals surface area contributed by atoms with E-state index in [9.17, 15) is 13.2 Å². The molecule has 36 heavy (non-hydrogen) atoms.